The topological polar surface area (TPSA) is 85.6 Å². The number of rotatable bonds is 8. The molecule has 2 aromatic carbocycles. The lowest BCUT2D eigenvalue weighted by atomic mass is 10.2. The Morgan fingerprint density at radius 2 is 1.86 bits per heavy atom. The highest BCUT2D eigenvalue weighted by Crippen LogP contribution is 2.20. The van der Waals surface area contributed by atoms with E-state index >= 15 is 0 Å². The van der Waals surface area contributed by atoms with Crippen molar-refractivity contribution in [3.8, 4) is 5.75 Å². The van der Waals surface area contributed by atoms with Gasteiger partial charge in [0.05, 0.1) is 23.5 Å². The van der Waals surface area contributed by atoms with Gasteiger partial charge in [-0.2, -0.15) is 0 Å². The number of sulfone groups is 1. The van der Waals surface area contributed by atoms with Crippen molar-refractivity contribution in [1.29, 1.82) is 0 Å². The molecule has 146 valence electrons. The molecule has 0 spiro atoms. The number of hydrogen-bond donors (Lipinski definition) is 1. The number of carbonyl (C=O) groups excluding carboxylic acids is 1. The Balaban J connectivity index is 1.57. The molecule has 0 aliphatic rings. The minimum absolute atomic E-state index is 0.00457. The van der Waals surface area contributed by atoms with Crippen LogP contribution >= 0.6 is 0 Å². The molecule has 1 heterocycles. The Kier molecular flexibility index (Phi) is 6.16. The number of benzene rings is 2. The van der Waals surface area contributed by atoms with E-state index < -0.39 is 15.7 Å². The fourth-order valence-electron chi connectivity index (χ4n) is 2.68. The van der Waals surface area contributed by atoms with Crippen LogP contribution in [0.15, 0.2) is 76.2 Å². The van der Waals surface area contributed by atoms with Gasteiger partial charge in [-0.3, -0.25) is 4.79 Å². The van der Waals surface area contributed by atoms with Crippen molar-refractivity contribution in [2.24, 2.45) is 0 Å². The Bertz CT molecular complexity index is 1040. The van der Waals surface area contributed by atoms with Gasteiger partial charge in [0.15, 0.2) is 15.6 Å². The monoisotopic (exact) mass is 399 g/mol. The van der Waals surface area contributed by atoms with E-state index in [0.717, 1.165) is 11.3 Å². The number of aryl methyl sites for hydroxylation is 1. The molecule has 0 saturated carbocycles. The first-order chi connectivity index (χ1) is 13.5. The van der Waals surface area contributed by atoms with Gasteiger partial charge in [0.2, 0.25) is 0 Å². The second kappa shape index (κ2) is 8.75. The van der Waals surface area contributed by atoms with Gasteiger partial charge < -0.3 is 14.5 Å². The third-order valence-corrected chi connectivity index (χ3v) is 5.73. The fraction of sp³-hybridized carbons (Fsp3) is 0.190. The van der Waals surface area contributed by atoms with E-state index in [1.807, 2.05) is 31.2 Å². The number of amides is 1. The summed E-state index contributed by atoms with van der Waals surface area (Å²) in [6.07, 6.45) is 1.31. The zero-order valence-corrected chi connectivity index (χ0v) is 16.2. The average Bonchev–Trinajstić information content (AvgIpc) is 3.13. The third kappa shape index (κ3) is 5.01. The van der Waals surface area contributed by atoms with Crippen LogP contribution in [0, 0.1) is 6.92 Å². The van der Waals surface area contributed by atoms with Crippen molar-refractivity contribution >= 4 is 15.7 Å². The lowest BCUT2D eigenvalue weighted by Crippen LogP contribution is -2.28. The van der Waals surface area contributed by atoms with Crippen molar-refractivity contribution in [2.45, 2.75) is 17.6 Å². The van der Waals surface area contributed by atoms with Gasteiger partial charge >= 0.3 is 0 Å². The lowest BCUT2D eigenvalue weighted by molar-refractivity contribution is 0.0918. The predicted octanol–water partition coefficient (Wildman–Crippen LogP) is 3.37. The minimum Gasteiger partial charge on any atom is -0.492 e. The van der Waals surface area contributed by atoms with Gasteiger partial charge in [0.25, 0.3) is 5.91 Å². The highest BCUT2D eigenvalue weighted by molar-refractivity contribution is 7.90. The minimum atomic E-state index is -3.57. The number of furan rings is 1. The molecule has 7 heteroatoms. The van der Waals surface area contributed by atoms with E-state index in [1.54, 1.807) is 18.2 Å². The highest BCUT2D eigenvalue weighted by atomic mass is 32.2. The summed E-state index contributed by atoms with van der Waals surface area (Å²) < 4.78 is 35.9. The molecule has 0 aliphatic carbocycles. The molecule has 0 bridgehead atoms. The molecule has 6 nitrogen and oxygen atoms in total. The van der Waals surface area contributed by atoms with Gasteiger partial charge in [-0.25, -0.2) is 8.42 Å². The molecule has 3 rings (SSSR count). The smallest absolute Gasteiger partial charge is 0.287 e. The largest absolute Gasteiger partial charge is 0.492 e. The average molecular weight is 399 g/mol. The summed E-state index contributed by atoms with van der Waals surface area (Å²) in [5.41, 5.74) is 1.40. The molecule has 1 aromatic heterocycles. The zero-order valence-electron chi connectivity index (χ0n) is 15.4. The number of nitrogens with one attached hydrogen (secondary N) is 1. The SMILES string of the molecule is Cc1cccc(OCCNC(=O)c2occc2CS(=O)(=O)c2ccccc2)c1. The van der Waals surface area contributed by atoms with Gasteiger partial charge in [-0.1, -0.05) is 30.3 Å². The van der Waals surface area contributed by atoms with Crippen molar-refractivity contribution in [3.05, 3.63) is 83.8 Å². The number of hydrogen-bond acceptors (Lipinski definition) is 5. The van der Waals surface area contributed by atoms with Crippen molar-refractivity contribution in [1.82, 2.24) is 5.32 Å². The van der Waals surface area contributed by atoms with Crippen LogP contribution in [0.1, 0.15) is 21.7 Å². The Labute approximate surface area is 164 Å². The molecule has 3 aromatic rings. The van der Waals surface area contributed by atoms with Crippen molar-refractivity contribution in [3.63, 3.8) is 0 Å². The van der Waals surface area contributed by atoms with Crippen molar-refractivity contribution < 1.29 is 22.4 Å². The molecule has 1 amide bonds. The van der Waals surface area contributed by atoms with E-state index in [0.29, 0.717) is 5.56 Å². The number of carbonyl (C=O) groups is 1. The Morgan fingerprint density at radius 1 is 1.07 bits per heavy atom. The van der Waals surface area contributed by atoms with E-state index in [1.165, 1.54) is 24.5 Å². The van der Waals surface area contributed by atoms with Gasteiger partial charge in [-0.05, 0) is 42.8 Å². The first-order valence-corrected chi connectivity index (χ1v) is 10.4. The quantitative estimate of drug-likeness (QED) is 0.587. The van der Waals surface area contributed by atoms with Crippen LogP contribution in [0.25, 0.3) is 0 Å². The molecule has 0 atom stereocenters. The normalized spacial score (nSPS) is 11.2. The first-order valence-electron chi connectivity index (χ1n) is 8.77. The van der Waals surface area contributed by atoms with Crippen LogP contribution < -0.4 is 10.1 Å². The summed E-state index contributed by atoms with van der Waals surface area (Å²) in [5.74, 6) is -0.0659. The first kappa shape index (κ1) is 19.7. The molecule has 0 fully saturated rings. The molecule has 28 heavy (non-hydrogen) atoms. The van der Waals surface area contributed by atoms with E-state index in [4.69, 9.17) is 9.15 Å². The summed E-state index contributed by atoms with van der Waals surface area (Å²) >= 11 is 0. The van der Waals surface area contributed by atoms with Crippen LogP contribution in [-0.4, -0.2) is 27.5 Å². The molecule has 0 radical (unpaired) electrons. The van der Waals surface area contributed by atoms with E-state index in [9.17, 15) is 13.2 Å². The lowest BCUT2D eigenvalue weighted by Gasteiger charge is -2.08. The summed E-state index contributed by atoms with van der Waals surface area (Å²) in [6.45, 7) is 2.52. The second-order valence-corrected chi connectivity index (χ2v) is 8.26. The molecular weight excluding hydrogens is 378 g/mol. The van der Waals surface area contributed by atoms with Gasteiger partial charge in [0.1, 0.15) is 12.4 Å². The molecular formula is C21H21NO5S. The standard InChI is InChI=1S/C21H21NO5S/c1-16-6-5-7-18(14-16)26-13-11-22-21(23)20-17(10-12-27-20)15-28(24,25)19-8-3-2-4-9-19/h2-10,12,14H,11,13,15H2,1H3,(H,22,23). The van der Waals surface area contributed by atoms with Crippen LogP contribution in [0.5, 0.6) is 5.75 Å². The van der Waals surface area contributed by atoms with Gasteiger partial charge in [-0.15, -0.1) is 0 Å². The summed E-state index contributed by atoms with van der Waals surface area (Å²) in [7, 11) is -3.57. The highest BCUT2D eigenvalue weighted by Gasteiger charge is 2.22. The van der Waals surface area contributed by atoms with Crippen LogP contribution in [0.3, 0.4) is 0 Å². The van der Waals surface area contributed by atoms with E-state index in [-0.39, 0.29) is 29.6 Å². The predicted molar refractivity (Wildman–Crippen MR) is 105 cm³/mol. The summed E-state index contributed by atoms with van der Waals surface area (Å²) in [6, 6.07) is 17.2. The molecule has 0 unspecified atom stereocenters. The fourth-order valence-corrected chi connectivity index (χ4v) is 4.06. The number of ether oxygens (including phenoxy) is 1. The van der Waals surface area contributed by atoms with E-state index in [2.05, 4.69) is 5.32 Å². The van der Waals surface area contributed by atoms with Crippen LogP contribution in [-0.2, 0) is 15.6 Å². The summed E-state index contributed by atoms with van der Waals surface area (Å²) in [4.78, 5) is 12.6. The molecule has 0 aliphatic heterocycles. The van der Waals surface area contributed by atoms with Crippen molar-refractivity contribution in [2.75, 3.05) is 13.2 Å². The van der Waals surface area contributed by atoms with Crippen LogP contribution in [0.4, 0.5) is 0 Å². The summed E-state index contributed by atoms with van der Waals surface area (Å²) in [5, 5.41) is 2.68. The third-order valence-electron chi connectivity index (χ3n) is 4.05. The Morgan fingerprint density at radius 3 is 2.61 bits per heavy atom. The molecule has 1 N–H and O–H groups in total. The van der Waals surface area contributed by atoms with Gasteiger partial charge in [0, 0.05) is 5.56 Å². The maximum atomic E-state index is 12.5. The zero-order chi connectivity index (χ0) is 20.0. The maximum absolute atomic E-state index is 12.5. The maximum Gasteiger partial charge on any atom is 0.287 e. The molecule has 0 saturated heterocycles. The Hall–Kier alpha value is -3.06. The van der Waals surface area contributed by atoms with Crippen LogP contribution in [0.2, 0.25) is 0 Å². The second-order valence-electron chi connectivity index (χ2n) is 6.27.